The number of aromatic nitrogens is 2. The zero-order valence-electron chi connectivity index (χ0n) is 19.0. The van der Waals surface area contributed by atoms with Crippen LogP contribution in [0.4, 0.5) is 10.5 Å². The number of carbonyl (C=O) groups excluding carboxylic acids is 1. The highest BCUT2D eigenvalue weighted by atomic mass is 16.6. The van der Waals surface area contributed by atoms with Crippen LogP contribution in [0.5, 0.6) is 0 Å². The highest BCUT2D eigenvalue weighted by molar-refractivity contribution is 5.95. The Kier molecular flexibility index (Phi) is 5.12. The summed E-state index contributed by atoms with van der Waals surface area (Å²) in [5.74, 6) is 1.23. The second-order valence-corrected chi connectivity index (χ2v) is 10.5. The van der Waals surface area contributed by atoms with E-state index < -0.39 is 5.60 Å². The van der Waals surface area contributed by atoms with E-state index in [0.29, 0.717) is 31.0 Å². The Morgan fingerprint density at radius 2 is 1.87 bits per heavy atom. The monoisotopic (exact) mass is 425 g/mol. The molecule has 7 heteroatoms. The lowest BCUT2D eigenvalue weighted by Crippen LogP contribution is -2.50. The van der Waals surface area contributed by atoms with Crippen LogP contribution in [0, 0.1) is 5.92 Å². The average Bonchev–Trinajstić information content (AvgIpc) is 3.47. The summed E-state index contributed by atoms with van der Waals surface area (Å²) in [6.45, 7) is 9.50. The Morgan fingerprint density at radius 3 is 2.48 bits per heavy atom. The van der Waals surface area contributed by atoms with E-state index in [1.807, 2.05) is 25.7 Å². The summed E-state index contributed by atoms with van der Waals surface area (Å²) < 4.78 is 7.85. The van der Waals surface area contributed by atoms with Crippen LogP contribution >= 0.6 is 0 Å². The lowest BCUT2D eigenvalue weighted by atomic mass is 9.80. The summed E-state index contributed by atoms with van der Waals surface area (Å²) in [6, 6.07) is 7.09. The zero-order chi connectivity index (χ0) is 21.8. The molecule has 2 saturated carbocycles. The van der Waals surface area contributed by atoms with Gasteiger partial charge in [-0.25, -0.2) is 4.79 Å². The maximum absolute atomic E-state index is 12.5. The Morgan fingerprint density at radius 1 is 1.16 bits per heavy atom. The molecule has 2 heterocycles. The quantitative estimate of drug-likeness (QED) is 0.804. The molecule has 0 unspecified atom stereocenters. The fourth-order valence-corrected chi connectivity index (χ4v) is 4.94. The standard InChI is InChI=1S/C24H35N5O2/c1-24(2,3)31-23(30)28-11-9-27(10-12-28)19-5-4-6-20-21(19)22(17-7-8-17)26-29(20)18-13-16(14-18)15-25/h4-6,16-18H,7-15,25H2,1-3H3. The fraction of sp³-hybridized carbons (Fsp3) is 0.667. The molecule has 2 aliphatic carbocycles. The Labute approximate surface area is 184 Å². The summed E-state index contributed by atoms with van der Waals surface area (Å²) in [5, 5.41) is 6.47. The van der Waals surface area contributed by atoms with Gasteiger partial charge in [-0.1, -0.05) is 6.07 Å². The van der Waals surface area contributed by atoms with Crippen LogP contribution in [-0.2, 0) is 4.74 Å². The number of hydrogen-bond acceptors (Lipinski definition) is 5. The lowest BCUT2D eigenvalue weighted by Gasteiger charge is -2.37. The van der Waals surface area contributed by atoms with E-state index in [4.69, 9.17) is 15.6 Å². The van der Waals surface area contributed by atoms with Crippen molar-refractivity contribution in [3.63, 3.8) is 0 Å². The van der Waals surface area contributed by atoms with Gasteiger partial charge in [-0.3, -0.25) is 4.68 Å². The first-order valence-electron chi connectivity index (χ1n) is 11.8. The molecule has 3 aliphatic rings. The molecule has 168 valence electrons. The van der Waals surface area contributed by atoms with E-state index in [0.717, 1.165) is 32.5 Å². The number of hydrogen-bond donors (Lipinski definition) is 1. The molecular formula is C24H35N5O2. The molecule has 1 aliphatic heterocycles. The third-order valence-electron chi connectivity index (χ3n) is 6.87. The van der Waals surface area contributed by atoms with E-state index in [1.54, 1.807) is 0 Å². The molecule has 1 aromatic heterocycles. The minimum Gasteiger partial charge on any atom is -0.444 e. The predicted octanol–water partition coefficient (Wildman–Crippen LogP) is 3.88. The van der Waals surface area contributed by atoms with Crippen molar-refractivity contribution in [2.45, 2.75) is 64.0 Å². The average molecular weight is 426 g/mol. The van der Waals surface area contributed by atoms with Crippen LogP contribution in [0.2, 0.25) is 0 Å². The van der Waals surface area contributed by atoms with Gasteiger partial charge in [0.15, 0.2) is 0 Å². The van der Waals surface area contributed by atoms with Gasteiger partial charge in [-0.2, -0.15) is 5.10 Å². The van der Waals surface area contributed by atoms with Gasteiger partial charge in [0.25, 0.3) is 0 Å². The first kappa shape index (κ1) is 20.6. The van der Waals surface area contributed by atoms with E-state index in [9.17, 15) is 4.79 Å². The van der Waals surface area contributed by atoms with Crippen molar-refractivity contribution >= 4 is 22.7 Å². The largest absolute Gasteiger partial charge is 0.444 e. The van der Waals surface area contributed by atoms with E-state index in [2.05, 4.69) is 27.8 Å². The number of piperazine rings is 1. The van der Waals surface area contributed by atoms with Gasteiger partial charge in [0.1, 0.15) is 5.60 Å². The number of nitrogens with two attached hydrogens (primary N) is 1. The first-order valence-corrected chi connectivity index (χ1v) is 11.8. The normalized spacial score (nSPS) is 24.4. The molecule has 2 aromatic rings. The number of benzene rings is 1. The van der Waals surface area contributed by atoms with Gasteiger partial charge in [0.05, 0.1) is 17.3 Å². The Hall–Kier alpha value is -2.28. The van der Waals surface area contributed by atoms with Crippen molar-refractivity contribution in [2.75, 3.05) is 37.6 Å². The predicted molar refractivity (Wildman–Crippen MR) is 123 cm³/mol. The maximum Gasteiger partial charge on any atom is 0.410 e. The van der Waals surface area contributed by atoms with Crippen LogP contribution in [-0.4, -0.2) is 59.1 Å². The topological polar surface area (TPSA) is 76.6 Å². The fourth-order valence-electron chi connectivity index (χ4n) is 4.94. The van der Waals surface area contributed by atoms with E-state index >= 15 is 0 Å². The van der Waals surface area contributed by atoms with Crippen molar-refractivity contribution in [1.29, 1.82) is 0 Å². The number of nitrogens with zero attached hydrogens (tertiary/aromatic N) is 4. The van der Waals surface area contributed by atoms with Crippen LogP contribution in [0.3, 0.4) is 0 Å². The van der Waals surface area contributed by atoms with E-state index in [1.165, 1.54) is 35.1 Å². The van der Waals surface area contributed by atoms with Gasteiger partial charge in [-0.15, -0.1) is 0 Å². The molecule has 3 fully saturated rings. The molecule has 31 heavy (non-hydrogen) atoms. The summed E-state index contributed by atoms with van der Waals surface area (Å²) in [5.41, 5.74) is 9.21. The van der Waals surface area contributed by atoms with Crippen LogP contribution in [0.25, 0.3) is 10.9 Å². The highest BCUT2D eigenvalue weighted by Gasteiger charge is 2.36. The Bertz CT molecular complexity index is 960. The number of rotatable bonds is 4. The van der Waals surface area contributed by atoms with Crippen LogP contribution in [0.1, 0.15) is 64.1 Å². The van der Waals surface area contributed by atoms with Crippen LogP contribution < -0.4 is 10.6 Å². The molecule has 0 bridgehead atoms. The molecule has 0 radical (unpaired) electrons. The van der Waals surface area contributed by atoms with Crippen molar-refractivity contribution in [1.82, 2.24) is 14.7 Å². The van der Waals surface area contributed by atoms with Gasteiger partial charge >= 0.3 is 6.09 Å². The number of carbonyl (C=O) groups is 1. The second-order valence-electron chi connectivity index (χ2n) is 10.5. The molecule has 2 N–H and O–H groups in total. The number of fused-ring (bicyclic) bond motifs is 1. The summed E-state index contributed by atoms with van der Waals surface area (Å²) in [6.07, 6.45) is 4.54. The third kappa shape index (κ3) is 4.00. The van der Waals surface area contributed by atoms with Crippen molar-refractivity contribution in [2.24, 2.45) is 11.7 Å². The van der Waals surface area contributed by atoms with Crippen molar-refractivity contribution in [3.8, 4) is 0 Å². The molecular weight excluding hydrogens is 390 g/mol. The van der Waals surface area contributed by atoms with Gasteiger partial charge in [-0.05, 0) is 71.0 Å². The van der Waals surface area contributed by atoms with Gasteiger partial charge in [0, 0.05) is 43.2 Å². The summed E-state index contributed by atoms with van der Waals surface area (Å²) in [7, 11) is 0. The van der Waals surface area contributed by atoms with Crippen LogP contribution in [0.15, 0.2) is 18.2 Å². The van der Waals surface area contributed by atoms with Crippen molar-refractivity contribution in [3.05, 3.63) is 23.9 Å². The lowest BCUT2D eigenvalue weighted by molar-refractivity contribution is 0.0240. The van der Waals surface area contributed by atoms with Gasteiger partial charge in [0.2, 0.25) is 0 Å². The second kappa shape index (κ2) is 7.69. The molecule has 1 saturated heterocycles. The molecule has 5 rings (SSSR count). The minimum absolute atomic E-state index is 0.212. The maximum atomic E-state index is 12.5. The smallest absolute Gasteiger partial charge is 0.410 e. The highest BCUT2D eigenvalue weighted by Crippen LogP contribution is 2.47. The third-order valence-corrected chi connectivity index (χ3v) is 6.87. The minimum atomic E-state index is -0.460. The number of amides is 1. The molecule has 0 spiro atoms. The summed E-state index contributed by atoms with van der Waals surface area (Å²) >= 11 is 0. The van der Waals surface area contributed by atoms with Gasteiger partial charge < -0.3 is 20.3 Å². The summed E-state index contributed by atoms with van der Waals surface area (Å²) in [4.78, 5) is 16.7. The zero-order valence-corrected chi connectivity index (χ0v) is 19.0. The number of anilines is 1. The van der Waals surface area contributed by atoms with Crippen molar-refractivity contribution < 1.29 is 9.53 Å². The number of ether oxygens (including phenoxy) is 1. The SMILES string of the molecule is CC(C)(C)OC(=O)N1CCN(c2cccc3c2c(C2CC2)nn3C2CC(CN)C2)CC1. The molecule has 1 amide bonds. The molecule has 7 nitrogen and oxygen atoms in total. The molecule has 1 aromatic carbocycles. The van der Waals surface area contributed by atoms with E-state index in [-0.39, 0.29) is 6.09 Å². The molecule has 0 atom stereocenters. The Balaban J connectivity index is 1.38. The first-order chi connectivity index (χ1) is 14.8.